The van der Waals surface area contributed by atoms with Crippen molar-refractivity contribution >= 4 is 11.8 Å². The molecule has 0 radical (unpaired) electrons. The number of unbranched alkanes of at least 4 members (excludes halogenated alkanes) is 3. The van der Waals surface area contributed by atoms with E-state index in [0.29, 0.717) is 32.1 Å². The first kappa shape index (κ1) is 23.1. The van der Waals surface area contributed by atoms with Gasteiger partial charge in [0, 0.05) is 19.3 Å². The number of aliphatic hydroxyl groups is 3. The molecule has 1 rings (SSSR count). The highest BCUT2D eigenvalue weighted by Gasteiger charge is 2.42. The molecule has 1 aliphatic carbocycles. The van der Waals surface area contributed by atoms with Crippen LogP contribution in [0.15, 0.2) is 0 Å². The fourth-order valence-electron chi connectivity index (χ4n) is 3.98. The van der Waals surface area contributed by atoms with Gasteiger partial charge in [0.15, 0.2) is 0 Å². The topological polar surface area (TPSA) is 115 Å². The summed E-state index contributed by atoms with van der Waals surface area (Å²) in [4.78, 5) is 22.7. The predicted octanol–water partition coefficient (Wildman–Crippen LogP) is 2.67. The van der Waals surface area contributed by atoms with Crippen LogP contribution < -0.4 is 0 Å². The molecule has 1 aliphatic rings. The number of hydrogen-bond donors (Lipinski definition) is 4. The standard InChI is InChI=1S/C20H36O6/c1-2-3-4-7-14(21)10-11-16-17(19(24)13-18(16)23)12-15(22)8-5-6-9-20(25)26/h14,16-19,21,23-24H,2-13H2,1H3,(H,25,26)/t14-,16-,17-,18+,19+/m1/s1. The van der Waals surface area contributed by atoms with E-state index in [1.165, 1.54) is 0 Å². The maximum absolute atomic E-state index is 12.2. The second-order valence-corrected chi connectivity index (χ2v) is 7.77. The van der Waals surface area contributed by atoms with Crippen LogP contribution >= 0.6 is 0 Å². The lowest BCUT2D eigenvalue weighted by Gasteiger charge is -2.24. The Balaban J connectivity index is 2.40. The van der Waals surface area contributed by atoms with E-state index in [4.69, 9.17) is 5.11 Å². The molecule has 0 unspecified atom stereocenters. The molecule has 0 saturated heterocycles. The van der Waals surface area contributed by atoms with Crippen LogP contribution in [0, 0.1) is 11.8 Å². The molecule has 4 N–H and O–H groups in total. The van der Waals surface area contributed by atoms with Crippen molar-refractivity contribution in [1.29, 1.82) is 0 Å². The van der Waals surface area contributed by atoms with Crippen LogP contribution in [0.4, 0.5) is 0 Å². The van der Waals surface area contributed by atoms with Gasteiger partial charge in [0.05, 0.1) is 18.3 Å². The normalized spacial score (nSPS) is 26.8. The first-order chi connectivity index (χ1) is 12.3. The number of aliphatic hydroxyl groups excluding tert-OH is 3. The lowest BCUT2D eigenvalue weighted by atomic mass is 9.84. The maximum atomic E-state index is 12.2. The van der Waals surface area contributed by atoms with Gasteiger partial charge in [0.1, 0.15) is 5.78 Å². The van der Waals surface area contributed by atoms with E-state index in [1.807, 2.05) is 0 Å². The lowest BCUT2D eigenvalue weighted by molar-refractivity contribution is -0.137. The van der Waals surface area contributed by atoms with Crippen molar-refractivity contribution in [3.05, 3.63) is 0 Å². The molecular weight excluding hydrogens is 336 g/mol. The van der Waals surface area contributed by atoms with Crippen molar-refractivity contribution in [3.63, 3.8) is 0 Å². The van der Waals surface area contributed by atoms with Crippen molar-refractivity contribution in [2.45, 2.75) is 102 Å². The van der Waals surface area contributed by atoms with Gasteiger partial charge in [-0.15, -0.1) is 0 Å². The smallest absolute Gasteiger partial charge is 0.303 e. The summed E-state index contributed by atoms with van der Waals surface area (Å²) in [5.74, 6) is -1.26. The number of aliphatic carboxylic acids is 1. The summed E-state index contributed by atoms with van der Waals surface area (Å²) in [6, 6.07) is 0. The van der Waals surface area contributed by atoms with E-state index in [9.17, 15) is 24.9 Å². The Morgan fingerprint density at radius 3 is 2.27 bits per heavy atom. The van der Waals surface area contributed by atoms with Gasteiger partial charge in [-0.25, -0.2) is 0 Å². The minimum absolute atomic E-state index is 0.0158. The Morgan fingerprint density at radius 1 is 0.962 bits per heavy atom. The largest absolute Gasteiger partial charge is 0.481 e. The van der Waals surface area contributed by atoms with Crippen molar-refractivity contribution in [1.82, 2.24) is 0 Å². The van der Waals surface area contributed by atoms with E-state index in [0.717, 1.165) is 25.7 Å². The number of carboxylic acid groups (broad SMARTS) is 1. The highest BCUT2D eigenvalue weighted by atomic mass is 16.4. The minimum Gasteiger partial charge on any atom is -0.481 e. The number of carboxylic acids is 1. The predicted molar refractivity (Wildman–Crippen MR) is 98.7 cm³/mol. The number of Topliss-reactive ketones (excluding diaryl/α,β-unsaturated/α-hetero) is 1. The van der Waals surface area contributed by atoms with Gasteiger partial charge >= 0.3 is 5.97 Å². The van der Waals surface area contributed by atoms with Crippen molar-refractivity contribution in [2.24, 2.45) is 11.8 Å². The Hall–Kier alpha value is -0.980. The molecule has 1 fully saturated rings. The van der Waals surface area contributed by atoms with E-state index >= 15 is 0 Å². The lowest BCUT2D eigenvalue weighted by Crippen LogP contribution is -2.26. The summed E-state index contributed by atoms with van der Waals surface area (Å²) in [5.41, 5.74) is 0. The summed E-state index contributed by atoms with van der Waals surface area (Å²) in [6.07, 6.45) is 5.36. The Kier molecular flexibility index (Phi) is 11.0. The van der Waals surface area contributed by atoms with E-state index in [2.05, 4.69) is 6.92 Å². The number of hydrogen-bond acceptors (Lipinski definition) is 5. The van der Waals surface area contributed by atoms with Gasteiger partial charge in [-0.05, 0) is 50.4 Å². The molecule has 0 heterocycles. The van der Waals surface area contributed by atoms with Gasteiger partial charge in [-0.1, -0.05) is 26.2 Å². The number of carbonyl (C=O) groups excluding carboxylic acids is 1. The van der Waals surface area contributed by atoms with Crippen LogP contribution in [0.2, 0.25) is 0 Å². The Bertz CT molecular complexity index is 425. The van der Waals surface area contributed by atoms with E-state index in [1.54, 1.807) is 0 Å². The van der Waals surface area contributed by atoms with Crippen LogP contribution in [-0.2, 0) is 9.59 Å². The molecule has 6 nitrogen and oxygen atoms in total. The molecule has 0 aliphatic heterocycles. The molecule has 0 bridgehead atoms. The van der Waals surface area contributed by atoms with Crippen molar-refractivity contribution in [2.75, 3.05) is 0 Å². The van der Waals surface area contributed by atoms with Gasteiger partial charge in [0.25, 0.3) is 0 Å². The highest BCUT2D eigenvalue weighted by molar-refractivity contribution is 5.78. The molecule has 0 aromatic carbocycles. The van der Waals surface area contributed by atoms with Gasteiger partial charge in [0.2, 0.25) is 0 Å². The third-order valence-electron chi connectivity index (χ3n) is 5.56. The van der Waals surface area contributed by atoms with Gasteiger partial charge in [-0.2, -0.15) is 0 Å². The summed E-state index contributed by atoms with van der Waals surface area (Å²) in [7, 11) is 0. The maximum Gasteiger partial charge on any atom is 0.303 e. The summed E-state index contributed by atoms with van der Waals surface area (Å²) in [5, 5.41) is 39.1. The van der Waals surface area contributed by atoms with Crippen molar-refractivity contribution < 1.29 is 30.0 Å². The third-order valence-corrected chi connectivity index (χ3v) is 5.56. The van der Waals surface area contributed by atoms with E-state index < -0.39 is 18.2 Å². The summed E-state index contributed by atoms with van der Waals surface area (Å²) < 4.78 is 0. The molecule has 6 heteroatoms. The van der Waals surface area contributed by atoms with Gasteiger partial charge < -0.3 is 20.4 Å². The fourth-order valence-corrected chi connectivity index (χ4v) is 3.98. The average Bonchev–Trinajstić information content (AvgIpc) is 2.83. The summed E-state index contributed by atoms with van der Waals surface area (Å²) in [6.45, 7) is 2.12. The van der Waals surface area contributed by atoms with Crippen LogP contribution in [0.1, 0.15) is 84.0 Å². The molecule has 26 heavy (non-hydrogen) atoms. The van der Waals surface area contributed by atoms with E-state index in [-0.39, 0.29) is 43.0 Å². The number of ketones is 1. The first-order valence-electron chi connectivity index (χ1n) is 10.1. The second-order valence-electron chi connectivity index (χ2n) is 7.77. The van der Waals surface area contributed by atoms with Crippen LogP contribution in [0.25, 0.3) is 0 Å². The Labute approximate surface area is 156 Å². The highest BCUT2D eigenvalue weighted by Crippen LogP contribution is 2.38. The monoisotopic (exact) mass is 372 g/mol. The van der Waals surface area contributed by atoms with Crippen LogP contribution in [0.5, 0.6) is 0 Å². The minimum atomic E-state index is -0.857. The number of carbonyl (C=O) groups is 2. The molecule has 1 saturated carbocycles. The molecule has 0 amide bonds. The van der Waals surface area contributed by atoms with Crippen molar-refractivity contribution in [3.8, 4) is 0 Å². The second kappa shape index (κ2) is 12.4. The fraction of sp³-hybridized carbons (Fsp3) is 0.900. The SMILES string of the molecule is CCCCC[C@@H](O)CC[C@@H]1[C@@H](CC(=O)CCCCC(=O)O)[C@@H](O)C[C@@H]1O. The van der Waals surface area contributed by atoms with Gasteiger partial charge in [-0.3, -0.25) is 9.59 Å². The molecule has 5 atom stereocenters. The molecule has 0 spiro atoms. The third kappa shape index (κ3) is 8.60. The molecule has 152 valence electrons. The first-order valence-corrected chi connectivity index (χ1v) is 10.1. The molecular formula is C20H36O6. The number of rotatable bonds is 14. The average molecular weight is 373 g/mol. The molecule has 0 aromatic heterocycles. The quantitative estimate of drug-likeness (QED) is 0.349. The zero-order valence-electron chi connectivity index (χ0n) is 16.0. The Morgan fingerprint density at radius 2 is 1.62 bits per heavy atom. The van der Waals surface area contributed by atoms with Crippen LogP contribution in [0.3, 0.4) is 0 Å². The zero-order valence-corrected chi connectivity index (χ0v) is 16.0. The molecule has 0 aromatic rings. The zero-order chi connectivity index (χ0) is 19.5. The van der Waals surface area contributed by atoms with Crippen LogP contribution in [-0.4, -0.2) is 50.5 Å². The summed E-state index contributed by atoms with van der Waals surface area (Å²) >= 11 is 0.